The van der Waals surface area contributed by atoms with Crippen LogP contribution in [0.5, 0.6) is 0 Å². The predicted molar refractivity (Wildman–Crippen MR) is 181 cm³/mol. The van der Waals surface area contributed by atoms with Gasteiger partial charge in [-0.3, -0.25) is 9.36 Å². The average Bonchev–Trinajstić information content (AvgIpc) is 3.68. The van der Waals surface area contributed by atoms with Crippen molar-refractivity contribution in [1.29, 1.82) is 0 Å². The molecular weight excluding hydrogens is 613 g/mol. The van der Waals surface area contributed by atoms with E-state index in [9.17, 15) is 10.3 Å². The van der Waals surface area contributed by atoms with Crippen LogP contribution >= 0.6 is 0 Å². The van der Waals surface area contributed by atoms with Crippen LogP contribution in [0.2, 0.25) is 5.04 Å². The summed E-state index contributed by atoms with van der Waals surface area (Å²) in [6.45, 7) is 6.61. The third kappa shape index (κ3) is 6.02. The molecule has 1 saturated heterocycles. The molecule has 0 spiro atoms. The second-order valence-electron chi connectivity index (χ2n) is 12.3. The Labute approximate surface area is 273 Å². The van der Waals surface area contributed by atoms with E-state index in [-0.39, 0.29) is 23.3 Å². The third-order valence-electron chi connectivity index (χ3n) is 8.51. The van der Waals surface area contributed by atoms with Gasteiger partial charge in [-0.15, -0.1) is 0 Å². The van der Waals surface area contributed by atoms with Crippen LogP contribution in [-0.4, -0.2) is 65.7 Å². The van der Waals surface area contributed by atoms with Crippen molar-refractivity contribution >= 4 is 41.6 Å². The fourth-order valence-corrected chi connectivity index (χ4v) is 11.1. The molecule has 240 valence electrons. The van der Waals surface area contributed by atoms with Crippen LogP contribution < -0.4 is 15.7 Å². The Morgan fingerprint density at radius 1 is 0.957 bits per heavy atom. The average molecular weight is 649 g/mol. The lowest BCUT2D eigenvalue weighted by Gasteiger charge is -2.45. The Hall–Kier alpha value is -4.91. The zero-order valence-corrected chi connectivity index (χ0v) is 27.6. The Morgan fingerprint density at radius 3 is 2.15 bits per heavy atom. The fraction of sp³-hybridized carbons (Fsp3) is 0.294. The van der Waals surface area contributed by atoms with Gasteiger partial charge in [0.05, 0.1) is 19.0 Å². The lowest BCUT2D eigenvalue weighted by atomic mass is 10.1. The summed E-state index contributed by atoms with van der Waals surface area (Å²) < 4.78 is 22.1. The Balaban J connectivity index is 1.42. The monoisotopic (exact) mass is 648 g/mol. The van der Waals surface area contributed by atoms with E-state index < -0.39 is 32.9 Å². The van der Waals surface area contributed by atoms with Gasteiger partial charge < -0.3 is 19.2 Å². The molecule has 5 aromatic rings. The lowest BCUT2D eigenvalue weighted by Crippen LogP contribution is -2.69. The molecule has 0 radical (unpaired) electrons. The molecule has 0 aliphatic carbocycles. The smallest absolute Gasteiger partial charge is 0.261 e. The van der Waals surface area contributed by atoms with Crippen LogP contribution in [0.15, 0.2) is 109 Å². The highest BCUT2D eigenvalue weighted by Crippen LogP contribution is 2.43. The van der Waals surface area contributed by atoms with Crippen molar-refractivity contribution in [3.05, 3.63) is 120 Å². The number of fused-ring (bicyclic) bond motifs is 1. The molecule has 6 rings (SSSR count). The van der Waals surface area contributed by atoms with Crippen molar-refractivity contribution in [2.45, 2.75) is 50.3 Å². The van der Waals surface area contributed by atoms with Crippen molar-refractivity contribution in [3.8, 4) is 0 Å². The van der Waals surface area contributed by atoms with E-state index >= 15 is 0 Å². The molecule has 1 amide bonds. The highest BCUT2D eigenvalue weighted by Gasteiger charge is 2.56. The SMILES string of the molecule is CO[C@@H]1[C@H](O[Si](c2ccccc2)(c2ccccc2)C(C)(C)C)[C@@H](CN=[N+]=[N-])O[C@H]1n1cnc2c(NC(=O)c3ccccc3)ncnc21. The second kappa shape index (κ2) is 13.4. The topological polar surface area (TPSA) is 149 Å². The van der Waals surface area contributed by atoms with Crippen LogP contribution in [0.1, 0.15) is 37.4 Å². The molecule has 1 N–H and O–H groups in total. The number of hydrogen-bond donors (Lipinski definition) is 1. The number of amides is 1. The number of hydrogen-bond acceptors (Lipinski definition) is 8. The van der Waals surface area contributed by atoms with Crippen molar-refractivity contribution in [2.24, 2.45) is 5.11 Å². The van der Waals surface area contributed by atoms with Crippen LogP contribution in [0.3, 0.4) is 0 Å². The van der Waals surface area contributed by atoms with Crippen molar-refractivity contribution in [3.63, 3.8) is 0 Å². The van der Waals surface area contributed by atoms with E-state index in [0.717, 1.165) is 10.4 Å². The molecule has 1 aliphatic rings. The maximum atomic E-state index is 13.0. The minimum atomic E-state index is -3.07. The number of benzene rings is 3. The van der Waals surface area contributed by atoms with Crippen LogP contribution in [-0.2, 0) is 13.9 Å². The van der Waals surface area contributed by atoms with Crippen LogP contribution in [0.25, 0.3) is 21.6 Å². The largest absolute Gasteiger partial charge is 0.399 e. The quantitative estimate of drug-likeness (QED) is 0.0941. The van der Waals surface area contributed by atoms with E-state index in [1.807, 2.05) is 42.5 Å². The molecule has 1 aliphatic heterocycles. The summed E-state index contributed by atoms with van der Waals surface area (Å²) in [5.41, 5.74) is 10.6. The first-order chi connectivity index (χ1) is 22.8. The molecule has 47 heavy (non-hydrogen) atoms. The van der Waals surface area contributed by atoms with Gasteiger partial charge in [0.25, 0.3) is 14.2 Å². The first kappa shape index (κ1) is 32.0. The van der Waals surface area contributed by atoms with Gasteiger partial charge in [-0.1, -0.05) is 105 Å². The highest BCUT2D eigenvalue weighted by atomic mass is 28.4. The third-order valence-corrected chi connectivity index (χ3v) is 13.5. The zero-order chi connectivity index (χ0) is 33.0. The molecule has 4 atom stereocenters. The van der Waals surface area contributed by atoms with Gasteiger partial charge in [0.1, 0.15) is 18.5 Å². The van der Waals surface area contributed by atoms with Crippen molar-refractivity contribution in [2.75, 3.05) is 19.0 Å². The Morgan fingerprint density at radius 2 is 1.57 bits per heavy atom. The number of aromatic nitrogens is 4. The number of rotatable bonds is 10. The zero-order valence-electron chi connectivity index (χ0n) is 26.6. The van der Waals surface area contributed by atoms with Gasteiger partial charge in [-0.25, -0.2) is 15.0 Å². The molecule has 3 aromatic carbocycles. The summed E-state index contributed by atoms with van der Waals surface area (Å²) in [5.74, 6) is -0.0551. The summed E-state index contributed by atoms with van der Waals surface area (Å²) in [7, 11) is -1.46. The minimum Gasteiger partial charge on any atom is -0.399 e. The maximum absolute atomic E-state index is 13.0. The van der Waals surface area contributed by atoms with Crippen molar-refractivity contribution in [1.82, 2.24) is 19.5 Å². The van der Waals surface area contributed by atoms with Gasteiger partial charge in [0.15, 0.2) is 23.2 Å². The van der Waals surface area contributed by atoms with E-state index in [1.54, 1.807) is 42.3 Å². The van der Waals surface area contributed by atoms with Crippen molar-refractivity contribution < 1.29 is 18.7 Å². The predicted octanol–water partition coefficient (Wildman–Crippen LogP) is 5.25. The highest BCUT2D eigenvalue weighted by molar-refractivity contribution is 6.99. The fourth-order valence-electron chi connectivity index (χ4n) is 6.38. The standard InChI is InChI=1S/C34H36N8O4Si/c1-34(2,3)47(24-16-10-6-11-17-24,25-18-12-7-13-19-25)46-28-26(20-39-41-35)45-33(29(28)44-4)42-22-38-27-30(36-21-37-31(27)42)40-32(43)23-14-8-5-9-15-23/h5-19,21-22,26,28-29,33H,20H2,1-4H3,(H,36,37,40,43)/t26-,28-,29-,33-/m1/s1. The Kier molecular flexibility index (Phi) is 9.16. The van der Waals surface area contributed by atoms with Gasteiger partial charge in [0.2, 0.25) is 0 Å². The molecule has 13 heteroatoms. The maximum Gasteiger partial charge on any atom is 0.261 e. The van der Waals surface area contributed by atoms with E-state index in [0.29, 0.717) is 16.7 Å². The number of ether oxygens (including phenoxy) is 2. The summed E-state index contributed by atoms with van der Waals surface area (Å²) in [6.07, 6.45) is 0.262. The minimum absolute atomic E-state index is 0.0235. The number of anilines is 1. The number of nitrogens with one attached hydrogen (secondary N) is 1. The first-order valence-corrected chi connectivity index (χ1v) is 17.2. The number of azide groups is 1. The summed E-state index contributed by atoms with van der Waals surface area (Å²) in [5, 5.41) is 8.62. The molecule has 1 fully saturated rings. The lowest BCUT2D eigenvalue weighted by molar-refractivity contribution is -0.0476. The van der Waals surface area contributed by atoms with Gasteiger partial charge in [-0.05, 0) is 33.1 Å². The number of imidazole rings is 1. The molecule has 3 heterocycles. The molecule has 2 aromatic heterocycles. The second-order valence-corrected chi connectivity index (χ2v) is 16.5. The normalized spacial score (nSPS) is 19.7. The van der Waals surface area contributed by atoms with Crippen LogP contribution in [0.4, 0.5) is 5.82 Å². The molecule has 0 saturated carbocycles. The van der Waals surface area contributed by atoms with Crippen LogP contribution in [0, 0.1) is 0 Å². The number of methoxy groups -OCH3 is 1. The number of nitrogens with zero attached hydrogens (tertiary/aromatic N) is 7. The first-order valence-electron chi connectivity index (χ1n) is 15.3. The molecular formula is C34H36N8O4Si. The molecule has 0 bridgehead atoms. The van der Waals surface area contributed by atoms with E-state index in [2.05, 4.69) is 75.3 Å². The number of carbonyl (C=O) groups is 1. The molecule has 0 unspecified atom stereocenters. The van der Waals surface area contributed by atoms with Gasteiger partial charge >= 0.3 is 0 Å². The summed E-state index contributed by atoms with van der Waals surface area (Å²) in [4.78, 5) is 29.4. The Bertz CT molecular complexity index is 1840. The van der Waals surface area contributed by atoms with Gasteiger partial charge in [0, 0.05) is 17.6 Å². The summed E-state index contributed by atoms with van der Waals surface area (Å²) in [6, 6.07) is 29.4. The van der Waals surface area contributed by atoms with E-state index in [1.165, 1.54) is 6.33 Å². The van der Waals surface area contributed by atoms with E-state index in [4.69, 9.17) is 13.9 Å². The molecule has 12 nitrogen and oxygen atoms in total. The summed E-state index contributed by atoms with van der Waals surface area (Å²) >= 11 is 0. The van der Waals surface area contributed by atoms with Gasteiger partial charge in [-0.2, -0.15) is 0 Å². The number of carbonyl (C=O) groups excluding carboxylic acids is 1.